The molecule has 0 saturated carbocycles. The average molecular weight is 303 g/mol. The minimum atomic E-state index is -0.376. The highest BCUT2D eigenvalue weighted by molar-refractivity contribution is 5.84. The van der Waals surface area contributed by atoms with E-state index in [0.717, 1.165) is 12.0 Å². The number of ether oxygens (including phenoxy) is 1. The number of carbonyl (C=O) groups is 2. The Hall–Kier alpha value is -2.10. The summed E-state index contributed by atoms with van der Waals surface area (Å²) in [6, 6.07) is 9.65. The first-order chi connectivity index (χ1) is 10.6. The summed E-state index contributed by atoms with van der Waals surface area (Å²) in [4.78, 5) is 25.9. The fourth-order valence-corrected chi connectivity index (χ4v) is 2.09. The molecule has 0 radical (unpaired) electrons. The van der Waals surface area contributed by atoms with Gasteiger partial charge in [-0.1, -0.05) is 56.3 Å². The normalized spacial score (nSPS) is 12.1. The summed E-state index contributed by atoms with van der Waals surface area (Å²) in [7, 11) is 0. The summed E-state index contributed by atoms with van der Waals surface area (Å²) in [6.45, 7) is 6.33. The molecule has 1 unspecified atom stereocenters. The summed E-state index contributed by atoms with van der Waals surface area (Å²) in [5.74, 6) is -0.696. The van der Waals surface area contributed by atoms with Crippen molar-refractivity contribution in [3.63, 3.8) is 0 Å². The van der Waals surface area contributed by atoms with Gasteiger partial charge in [0, 0.05) is 6.54 Å². The number of rotatable bonds is 8. The minimum Gasteiger partial charge on any atom is -0.465 e. The van der Waals surface area contributed by atoms with Gasteiger partial charge in [-0.25, -0.2) is 0 Å². The second-order valence-electron chi connectivity index (χ2n) is 5.11. The topological polar surface area (TPSA) is 46.6 Å². The fourth-order valence-electron chi connectivity index (χ4n) is 2.09. The number of hydrogen-bond donors (Lipinski definition) is 0. The van der Waals surface area contributed by atoms with Crippen molar-refractivity contribution in [2.75, 3.05) is 13.2 Å². The van der Waals surface area contributed by atoms with Gasteiger partial charge in [0.2, 0.25) is 5.91 Å². The van der Waals surface area contributed by atoms with Crippen molar-refractivity contribution in [3.05, 3.63) is 48.0 Å². The number of allylic oxidation sites excluding steroid dienone is 1. The molecule has 0 fully saturated rings. The van der Waals surface area contributed by atoms with Crippen molar-refractivity contribution < 1.29 is 14.3 Å². The Balaban J connectivity index is 2.83. The zero-order chi connectivity index (χ0) is 16.4. The maximum absolute atomic E-state index is 12.6. The van der Waals surface area contributed by atoms with E-state index in [1.807, 2.05) is 56.3 Å². The van der Waals surface area contributed by atoms with Crippen molar-refractivity contribution in [2.24, 2.45) is 5.92 Å². The molecule has 0 aliphatic rings. The average Bonchev–Trinajstić information content (AvgIpc) is 2.52. The van der Waals surface area contributed by atoms with E-state index >= 15 is 0 Å². The maximum atomic E-state index is 12.6. The van der Waals surface area contributed by atoms with Gasteiger partial charge in [-0.2, -0.15) is 0 Å². The lowest BCUT2D eigenvalue weighted by Crippen LogP contribution is -2.38. The lowest BCUT2D eigenvalue weighted by Gasteiger charge is -2.24. The molecule has 4 nitrogen and oxygen atoms in total. The molecule has 1 aromatic rings. The molecule has 0 N–H and O–H groups in total. The van der Waals surface area contributed by atoms with Crippen LogP contribution < -0.4 is 0 Å². The number of amides is 1. The first-order valence-corrected chi connectivity index (χ1v) is 7.73. The van der Waals surface area contributed by atoms with Gasteiger partial charge in [0.15, 0.2) is 0 Å². The van der Waals surface area contributed by atoms with Crippen LogP contribution in [0.5, 0.6) is 0 Å². The third-order valence-electron chi connectivity index (χ3n) is 3.20. The van der Waals surface area contributed by atoms with E-state index in [9.17, 15) is 9.59 Å². The molecule has 0 bridgehead atoms. The van der Waals surface area contributed by atoms with Crippen LogP contribution in [0.3, 0.4) is 0 Å². The van der Waals surface area contributed by atoms with Crippen molar-refractivity contribution in [1.29, 1.82) is 0 Å². The Morgan fingerprint density at radius 3 is 2.50 bits per heavy atom. The second kappa shape index (κ2) is 9.77. The fraction of sp³-hybridized carbons (Fsp3) is 0.444. The Bertz CT molecular complexity index is 496. The molecule has 1 atom stereocenters. The SMILES string of the molecule is CCC=CC(C)C(=O)N(CC(=O)OCC)Cc1ccccc1. The molecular weight excluding hydrogens is 278 g/mol. The molecule has 0 heterocycles. The summed E-state index contributed by atoms with van der Waals surface area (Å²) in [5.41, 5.74) is 0.992. The third kappa shape index (κ3) is 6.12. The molecule has 0 aliphatic heterocycles. The Kier molecular flexibility index (Phi) is 7.97. The van der Waals surface area contributed by atoms with Gasteiger partial charge >= 0.3 is 5.97 Å². The largest absolute Gasteiger partial charge is 0.465 e. The number of hydrogen-bond acceptors (Lipinski definition) is 3. The zero-order valence-corrected chi connectivity index (χ0v) is 13.6. The van der Waals surface area contributed by atoms with Crippen molar-refractivity contribution in [3.8, 4) is 0 Å². The summed E-state index contributed by atoms with van der Waals surface area (Å²) >= 11 is 0. The van der Waals surface area contributed by atoms with Crippen molar-refractivity contribution in [2.45, 2.75) is 33.7 Å². The first-order valence-electron chi connectivity index (χ1n) is 7.73. The number of carbonyl (C=O) groups excluding carboxylic acids is 2. The molecule has 0 aromatic heterocycles. The zero-order valence-electron chi connectivity index (χ0n) is 13.6. The van der Waals surface area contributed by atoms with Crippen LogP contribution in [0.25, 0.3) is 0 Å². The monoisotopic (exact) mass is 303 g/mol. The van der Waals surface area contributed by atoms with E-state index in [1.54, 1.807) is 11.8 Å². The predicted octanol–water partition coefficient (Wildman–Crippen LogP) is 3.18. The first kappa shape index (κ1) is 18.0. The summed E-state index contributed by atoms with van der Waals surface area (Å²) in [5, 5.41) is 0. The highest BCUT2D eigenvalue weighted by Gasteiger charge is 2.21. The molecule has 1 aromatic carbocycles. The standard InChI is InChI=1S/C18H25NO3/c1-4-6-10-15(3)18(21)19(14-17(20)22-5-2)13-16-11-8-7-9-12-16/h6-12,15H,4-5,13-14H2,1-3H3. The minimum absolute atomic E-state index is 0.0220. The lowest BCUT2D eigenvalue weighted by atomic mass is 10.1. The van der Waals surface area contributed by atoms with E-state index in [1.165, 1.54) is 0 Å². The van der Waals surface area contributed by atoms with Gasteiger partial charge in [-0.05, 0) is 18.9 Å². The van der Waals surface area contributed by atoms with E-state index < -0.39 is 0 Å². The van der Waals surface area contributed by atoms with E-state index in [4.69, 9.17) is 4.74 Å². The summed E-state index contributed by atoms with van der Waals surface area (Å²) < 4.78 is 4.97. The highest BCUT2D eigenvalue weighted by Crippen LogP contribution is 2.11. The van der Waals surface area contributed by atoms with Crippen LogP contribution in [-0.4, -0.2) is 29.9 Å². The van der Waals surface area contributed by atoms with Gasteiger partial charge in [0.25, 0.3) is 0 Å². The molecule has 120 valence electrons. The van der Waals surface area contributed by atoms with Gasteiger partial charge in [-0.15, -0.1) is 0 Å². The molecule has 22 heavy (non-hydrogen) atoms. The van der Waals surface area contributed by atoms with Crippen molar-refractivity contribution >= 4 is 11.9 Å². The van der Waals surface area contributed by atoms with Gasteiger partial charge in [0.05, 0.1) is 12.5 Å². The van der Waals surface area contributed by atoms with Crippen LogP contribution in [0.15, 0.2) is 42.5 Å². The molecular formula is C18H25NO3. The van der Waals surface area contributed by atoms with E-state index in [0.29, 0.717) is 13.2 Å². The van der Waals surface area contributed by atoms with Crippen LogP contribution in [0.2, 0.25) is 0 Å². The predicted molar refractivity (Wildman–Crippen MR) is 87.1 cm³/mol. The Morgan fingerprint density at radius 2 is 1.91 bits per heavy atom. The number of nitrogens with zero attached hydrogens (tertiary/aromatic N) is 1. The Labute approximate surface area is 132 Å². The van der Waals surface area contributed by atoms with Crippen LogP contribution in [-0.2, 0) is 20.9 Å². The Morgan fingerprint density at radius 1 is 1.23 bits per heavy atom. The van der Waals surface area contributed by atoms with E-state index in [2.05, 4.69) is 0 Å². The van der Waals surface area contributed by atoms with Crippen LogP contribution >= 0.6 is 0 Å². The maximum Gasteiger partial charge on any atom is 0.325 e. The highest BCUT2D eigenvalue weighted by atomic mass is 16.5. The number of benzene rings is 1. The van der Waals surface area contributed by atoms with Crippen LogP contribution in [0.1, 0.15) is 32.8 Å². The van der Waals surface area contributed by atoms with Gasteiger partial charge < -0.3 is 9.64 Å². The quantitative estimate of drug-likeness (QED) is 0.547. The molecule has 1 rings (SSSR count). The molecule has 1 amide bonds. The molecule has 0 aliphatic carbocycles. The summed E-state index contributed by atoms with van der Waals surface area (Å²) in [6.07, 6.45) is 4.73. The third-order valence-corrected chi connectivity index (χ3v) is 3.20. The van der Waals surface area contributed by atoms with E-state index in [-0.39, 0.29) is 24.3 Å². The van der Waals surface area contributed by atoms with Gasteiger partial charge in [0.1, 0.15) is 6.54 Å². The second-order valence-corrected chi connectivity index (χ2v) is 5.11. The molecule has 0 saturated heterocycles. The smallest absolute Gasteiger partial charge is 0.325 e. The molecule has 0 spiro atoms. The number of esters is 1. The lowest BCUT2D eigenvalue weighted by molar-refractivity contribution is -0.150. The van der Waals surface area contributed by atoms with Gasteiger partial charge in [-0.3, -0.25) is 9.59 Å². The van der Waals surface area contributed by atoms with Crippen LogP contribution in [0.4, 0.5) is 0 Å². The van der Waals surface area contributed by atoms with Crippen LogP contribution in [0, 0.1) is 5.92 Å². The van der Waals surface area contributed by atoms with Crippen molar-refractivity contribution in [1.82, 2.24) is 4.90 Å². The molecule has 4 heteroatoms.